The minimum absolute atomic E-state index is 0.160. The van der Waals surface area contributed by atoms with Gasteiger partial charge in [-0.2, -0.15) is 0 Å². The molecule has 1 aliphatic rings. The van der Waals surface area contributed by atoms with Gasteiger partial charge in [0.25, 0.3) is 0 Å². The van der Waals surface area contributed by atoms with Crippen molar-refractivity contribution < 1.29 is 4.74 Å². The van der Waals surface area contributed by atoms with Gasteiger partial charge < -0.3 is 4.74 Å². The summed E-state index contributed by atoms with van der Waals surface area (Å²) in [7, 11) is 0. The topological polar surface area (TPSA) is 9.23 Å². The third-order valence-corrected chi connectivity index (χ3v) is 2.92. The van der Waals surface area contributed by atoms with Crippen LogP contribution in [0, 0.1) is 6.92 Å². The molecule has 0 amide bonds. The molecule has 1 nitrogen and oxygen atoms in total. The number of ether oxygens (including phenoxy) is 1. The number of hydrogen-bond donors (Lipinski definition) is 0. The fraction of sp³-hybridized carbons (Fsp3) is 0.333. The molecule has 2 heteroatoms. The molecule has 0 bridgehead atoms. The smallest absolute Gasteiger partial charge is 0.127 e. The zero-order chi connectivity index (χ0) is 10.1. The molecule has 1 aliphatic heterocycles. The van der Waals surface area contributed by atoms with Crippen LogP contribution < -0.4 is 0 Å². The Bertz CT molecular complexity index is 382. The number of aryl methyl sites for hydroxylation is 1. The van der Waals surface area contributed by atoms with Crippen molar-refractivity contribution in [2.45, 2.75) is 26.4 Å². The summed E-state index contributed by atoms with van der Waals surface area (Å²) in [5.74, 6) is 1.01. The fourth-order valence-electron chi connectivity index (χ4n) is 1.61. The van der Waals surface area contributed by atoms with Gasteiger partial charge in [0.2, 0.25) is 0 Å². The lowest BCUT2D eigenvalue weighted by Crippen LogP contribution is -1.96. The van der Waals surface area contributed by atoms with Crippen molar-refractivity contribution in [1.29, 1.82) is 0 Å². The molecule has 1 heterocycles. The fourth-order valence-corrected chi connectivity index (χ4v) is 1.80. The molecule has 0 fully saturated rings. The Hall–Kier alpha value is -0.950. The number of allylic oxidation sites excluding steroid dienone is 1. The summed E-state index contributed by atoms with van der Waals surface area (Å²) in [5, 5.41) is 0.815. The summed E-state index contributed by atoms with van der Waals surface area (Å²) in [4.78, 5) is 0. The molecule has 0 saturated carbocycles. The molecule has 1 atom stereocenters. The SMILES string of the molecule is CC1=CCC(c2ccc(C)c(Cl)c2)O1. The Morgan fingerprint density at radius 2 is 2.14 bits per heavy atom. The summed E-state index contributed by atoms with van der Waals surface area (Å²) in [6.45, 7) is 3.99. The monoisotopic (exact) mass is 208 g/mol. The Labute approximate surface area is 89.3 Å². The van der Waals surface area contributed by atoms with Crippen molar-refractivity contribution in [1.82, 2.24) is 0 Å². The Kier molecular flexibility index (Phi) is 2.51. The van der Waals surface area contributed by atoms with Gasteiger partial charge in [0.1, 0.15) is 6.10 Å². The third kappa shape index (κ3) is 1.78. The predicted molar refractivity (Wildman–Crippen MR) is 58.4 cm³/mol. The van der Waals surface area contributed by atoms with Gasteiger partial charge in [-0.25, -0.2) is 0 Å². The highest BCUT2D eigenvalue weighted by molar-refractivity contribution is 6.31. The summed E-state index contributed by atoms with van der Waals surface area (Å²) < 4.78 is 5.64. The lowest BCUT2D eigenvalue weighted by atomic mass is 10.1. The zero-order valence-corrected chi connectivity index (χ0v) is 9.14. The molecular weight excluding hydrogens is 196 g/mol. The van der Waals surface area contributed by atoms with E-state index in [1.54, 1.807) is 0 Å². The van der Waals surface area contributed by atoms with Gasteiger partial charge in [-0.15, -0.1) is 0 Å². The predicted octanol–water partition coefficient (Wildman–Crippen LogP) is 4.01. The molecule has 2 rings (SSSR count). The second-order valence-electron chi connectivity index (χ2n) is 3.67. The molecule has 0 spiro atoms. The summed E-state index contributed by atoms with van der Waals surface area (Å²) >= 11 is 6.06. The van der Waals surface area contributed by atoms with Crippen LogP contribution in [-0.2, 0) is 4.74 Å². The Morgan fingerprint density at radius 3 is 2.71 bits per heavy atom. The van der Waals surface area contributed by atoms with Crippen LogP contribution in [0.15, 0.2) is 30.0 Å². The molecular formula is C12H13ClO. The number of halogens is 1. The van der Waals surface area contributed by atoms with Crippen LogP contribution >= 0.6 is 11.6 Å². The maximum Gasteiger partial charge on any atom is 0.127 e. The number of rotatable bonds is 1. The first-order chi connectivity index (χ1) is 6.66. The van der Waals surface area contributed by atoms with Crippen LogP contribution in [0.1, 0.15) is 30.6 Å². The Balaban J connectivity index is 2.22. The van der Waals surface area contributed by atoms with Gasteiger partial charge in [-0.1, -0.05) is 23.7 Å². The van der Waals surface area contributed by atoms with E-state index in [9.17, 15) is 0 Å². The van der Waals surface area contributed by atoms with Gasteiger partial charge in [-0.05, 0) is 37.1 Å². The lowest BCUT2D eigenvalue weighted by molar-refractivity contribution is 0.147. The minimum atomic E-state index is 0.160. The van der Waals surface area contributed by atoms with E-state index in [2.05, 4.69) is 12.1 Å². The molecule has 74 valence electrons. The molecule has 0 saturated heterocycles. The van der Waals surface area contributed by atoms with E-state index in [0.717, 1.165) is 28.3 Å². The lowest BCUT2D eigenvalue weighted by Gasteiger charge is -2.13. The Morgan fingerprint density at radius 1 is 1.36 bits per heavy atom. The van der Waals surface area contributed by atoms with Crippen LogP contribution in [-0.4, -0.2) is 0 Å². The maximum absolute atomic E-state index is 6.06. The summed E-state index contributed by atoms with van der Waals surface area (Å²) in [6, 6.07) is 6.11. The quantitative estimate of drug-likeness (QED) is 0.678. The van der Waals surface area contributed by atoms with E-state index in [1.807, 2.05) is 26.0 Å². The van der Waals surface area contributed by atoms with Gasteiger partial charge in [0, 0.05) is 11.4 Å². The molecule has 0 radical (unpaired) electrons. The molecule has 1 aromatic carbocycles. The second kappa shape index (κ2) is 3.66. The van der Waals surface area contributed by atoms with Crippen LogP contribution in [0.25, 0.3) is 0 Å². The first-order valence-electron chi connectivity index (χ1n) is 4.76. The minimum Gasteiger partial charge on any atom is -0.490 e. The first kappa shape index (κ1) is 9.60. The van der Waals surface area contributed by atoms with Crippen molar-refractivity contribution in [2.75, 3.05) is 0 Å². The second-order valence-corrected chi connectivity index (χ2v) is 4.07. The van der Waals surface area contributed by atoms with E-state index in [0.29, 0.717) is 0 Å². The van der Waals surface area contributed by atoms with Crippen LogP contribution in [0.2, 0.25) is 5.02 Å². The van der Waals surface area contributed by atoms with E-state index in [-0.39, 0.29) is 6.10 Å². The average molecular weight is 209 g/mol. The summed E-state index contributed by atoms with van der Waals surface area (Å²) in [6.07, 6.45) is 3.22. The van der Waals surface area contributed by atoms with Crippen molar-refractivity contribution in [3.8, 4) is 0 Å². The summed E-state index contributed by atoms with van der Waals surface area (Å²) in [5.41, 5.74) is 2.27. The zero-order valence-electron chi connectivity index (χ0n) is 8.38. The largest absolute Gasteiger partial charge is 0.490 e. The van der Waals surface area contributed by atoms with Crippen molar-refractivity contribution in [3.05, 3.63) is 46.2 Å². The van der Waals surface area contributed by atoms with Crippen LogP contribution in [0.4, 0.5) is 0 Å². The van der Waals surface area contributed by atoms with E-state index < -0.39 is 0 Å². The normalized spacial score (nSPS) is 20.5. The molecule has 0 aliphatic carbocycles. The van der Waals surface area contributed by atoms with E-state index in [4.69, 9.17) is 16.3 Å². The third-order valence-electron chi connectivity index (χ3n) is 2.52. The van der Waals surface area contributed by atoms with Gasteiger partial charge in [-0.3, -0.25) is 0 Å². The van der Waals surface area contributed by atoms with Crippen LogP contribution in [0.5, 0.6) is 0 Å². The molecule has 1 aromatic rings. The first-order valence-corrected chi connectivity index (χ1v) is 5.14. The molecule has 0 N–H and O–H groups in total. The molecule has 0 aromatic heterocycles. The highest BCUT2D eigenvalue weighted by atomic mass is 35.5. The highest BCUT2D eigenvalue weighted by Gasteiger charge is 2.17. The number of hydrogen-bond acceptors (Lipinski definition) is 1. The highest BCUT2D eigenvalue weighted by Crippen LogP contribution is 2.32. The van der Waals surface area contributed by atoms with Gasteiger partial charge >= 0.3 is 0 Å². The maximum atomic E-state index is 6.06. The van der Waals surface area contributed by atoms with Crippen molar-refractivity contribution in [2.24, 2.45) is 0 Å². The molecule has 14 heavy (non-hydrogen) atoms. The van der Waals surface area contributed by atoms with Crippen molar-refractivity contribution in [3.63, 3.8) is 0 Å². The van der Waals surface area contributed by atoms with Gasteiger partial charge in [0.05, 0.1) is 5.76 Å². The average Bonchev–Trinajstić information content (AvgIpc) is 2.57. The van der Waals surface area contributed by atoms with Crippen LogP contribution in [0.3, 0.4) is 0 Å². The van der Waals surface area contributed by atoms with E-state index in [1.165, 1.54) is 0 Å². The van der Waals surface area contributed by atoms with E-state index >= 15 is 0 Å². The molecule has 1 unspecified atom stereocenters. The van der Waals surface area contributed by atoms with Gasteiger partial charge in [0.15, 0.2) is 0 Å². The number of benzene rings is 1. The standard InChI is InChI=1S/C12H13ClO/c1-8-3-5-10(7-11(8)13)12-6-4-9(2)14-12/h3-5,7,12H,6H2,1-2H3. The van der Waals surface area contributed by atoms with Crippen molar-refractivity contribution >= 4 is 11.6 Å².